The topological polar surface area (TPSA) is 81.7 Å². The number of aryl methyl sites for hydroxylation is 1. The summed E-state index contributed by atoms with van der Waals surface area (Å²) in [6.07, 6.45) is -6.75. The molecule has 0 radical (unpaired) electrons. The van der Waals surface area contributed by atoms with Gasteiger partial charge in [-0.25, -0.2) is 14.6 Å². The van der Waals surface area contributed by atoms with Crippen LogP contribution in [-0.4, -0.2) is 19.7 Å². The van der Waals surface area contributed by atoms with Crippen LogP contribution in [0.1, 0.15) is 16.8 Å². The Kier molecular flexibility index (Phi) is 5.52. The van der Waals surface area contributed by atoms with E-state index in [2.05, 4.69) is 20.4 Å². The van der Waals surface area contributed by atoms with Gasteiger partial charge < -0.3 is 11.1 Å². The van der Waals surface area contributed by atoms with Crippen molar-refractivity contribution in [1.29, 1.82) is 0 Å². The van der Waals surface area contributed by atoms with Gasteiger partial charge in [-0.3, -0.25) is 0 Å². The predicted octanol–water partition coefficient (Wildman–Crippen LogP) is 6.06. The molecule has 4 aromatic rings. The molecule has 0 unspecified atom stereocenters. The van der Waals surface area contributed by atoms with Gasteiger partial charge in [0.2, 0.25) is 0 Å². The summed E-state index contributed by atoms with van der Waals surface area (Å²) in [6, 6.07) is 4.57. The third-order valence-corrected chi connectivity index (χ3v) is 5.35. The van der Waals surface area contributed by atoms with Crippen LogP contribution in [0.2, 0.25) is 0 Å². The quantitative estimate of drug-likeness (QED) is 0.344. The number of halogens is 6. The van der Waals surface area contributed by atoms with Gasteiger partial charge in [-0.05, 0) is 37.3 Å². The van der Waals surface area contributed by atoms with Gasteiger partial charge in [0.1, 0.15) is 16.4 Å². The van der Waals surface area contributed by atoms with Gasteiger partial charge >= 0.3 is 12.4 Å². The van der Waals surface area contributed by atoms with E-state index in [1.165, 1.54) is 16.0 Å². The van der Waals surface area contributed by atoms with Gasteiger partial charge in [0.05, 0.1) is 22.5 Å². The Hall–Kier alpha value is -3.61. The van der Waals surface area contributed by atoms with Crippen LogP contribution in [0.15, 0.2) is 48.1 Å². The molecule has 6 nitrogen and oxygen atoms in total. The number of thiazole rings is 1. The van der Waals surface area contributed by atoms with Gasteiger partial charge in [-0.1, -0.05) is 0 Å². The minimum Gasteiger partial charge on any atom is -0.394 e. The highest BCUT2D eigenvalue weighted by Gasteiger charge is 2.38. The van der Waals surface area contributed by atoms with Crippen molar-refractivity contribution in [3.8, 4) is 16.4 Å². The summed E-state index contributed by atoms with van der Waals surface area (Å²) in [7, 11) is 0. The van der Waals surface area contributed by atoms with Crippen LogP contribution in [0.25, 0.3) is 16.4 Å². The first-order valence-corrected chi connectivity index (χ1v) is 10.1. The molecule has 0 bridgehead atoms. The molecule has 3 N–H and O–H groups in total. The number of rotatable bonds is 4. The normalized spacial score (nSPS) is 12.2. The van der Waals surface area contributed by atoms with Crippen LogP contribution in [0, 0.1) is 6.92 Å². The zero-order valence-electron chi connectivity index (χ0n) is 16.7. The number of alkyl halides is 6. The second-order valence-corrected chi connectivity index (χ2v) is 7.80. The molecule has 3 heterocycles. The van der Waals surface area contributed by atoms with E-state index in [-0.39, 0.29) is 17.6 Å². The Labute approximate surface area is 186 Å². The van der Waals surface area contributed by atoms with Crippen molar-refractivity contribution in [2.45, 2.75) is 19.3 Å². The number of pyridine rings is 1. The molecule has 4 rings (SSSR count). The molecule has 0 amide bonds. The molecule has 0 fully saturated rings. The van der Waals surface area contributed by atoms with Gasteiger partial charge in [0, 0.05) is 23.5 Å². The van der Waals surface area contributed by atoms with E-state index in [0.29, 0.717) is 34.2 Å². The number of nitrogens with zero attached hydrogens (tertiary/aromatic N) is 4. The summed E-state index contributed by atoms with van der Waals surface area (Å²) in [6.45, 7) is 1.59. The lowest BCUT2D eigenvalue weighted by atomic mass is 10.1. The van der Waals surface area contributed by atoms with Gasteiger partial charge in [-0.15, -0.1) is 11.3 Å². The molecule has 3 aromatic heterocycles. The first-order chi connectivity index (χ1) is 15.4. The summed E-state index contributed by atoms with van der Waals surface area (Å²) in [4.78, 5) is 8.29. The standard InChI is InChI=1S/C20H14F6N6S/c1-10-8-15(32-6-4-14(31-32)18-28-5-7-33-18)16(27)17(29-10)30-13-3-2-11(19(21,22)23)9-12(13)20(24,25)26/h2-9H,27H2,1H3,(H,29,30). The number of nitrogens with two attached hydrogens (primary N) is 1. The minimum absolute atomic E-state index is 0.0394. The van der Waals surface area contributed by atoms with E-state index >= 15 is 0 Å². The fourth-order valence-corrected chi connectivity index (χ4v) is 3.67. The molecule has 33 heavy (non-hydrogen) atoms. The molecule has 1 aromatic carbocycles. The zero-order valence-corrected chi connectivity index (χ0v) is 17.5. The molecule has 0 aliphatic rings. The van der Waals surface area contributed by atoms with Crippen LogP contribution >= 0.6 is 11.3 Å². The smallest absolute Gasteiger partial charge is 0.394 e. The SMILES string of the molecule is Cc1cc(-n2ccc(-c3nccs3)n2)c(N)c(Nc2ccc(C(F)(F)F)cc2C(F)(F)F)n1. The first-order valence-electron chi connectivity index (χ1n) is 9.22. The van der Waals surface area contributed by atoms with Crippen molar-refractivity contribution in [2.24, 2.45) is 0 Å². The highest BCUT2D eigenvalue weighted by atomic mass is 32.1. The summed E-state index contributed by atoms with van der Waals surface area (Å²) >= 11 is 1.37. The van der Waals surface area contributed by atoms with Crippen molar-refractivity contribution in [3.63, 3.8) is 0 Å². The van der Waals surface area contributed by atoms with E-state index < -0.39 is 29.2 Å². The Balaban J connectivity index is 1.75. The molecule has 0 saturated carbocycles. The Morgan fingerprint density at radius 3 is 2.42 bits per heavy atom. The van der Waals surface area contributed by atoms with Crippen molar-refractivity contribution in [3.05, 3.63) is 64.9 Å². The summed E-state index contributed by atoms with van der Waals surface area (Å²) < 4.78 is 80.8. The zero-order chi connectivity index (χ0) is 24.0. The highest BCUT2D eigenvalue weighted by molar-refractivity contribution is 7.13. The monoisotopic (exact) mass is 484 g/mol. The summed E-state index contributed by atoms with van der Waals surface area (Å²) in [5, 5.41) is 9.27. The minimum atomic E-state index is -5.05. The maximum Gasteiger partial charge on any atom is 0.418 e. The number of hydrogen-bond donors (Lipinski definition) is 2. The highest BCUT2D eigenvalue weighted by Crippen LogP contribution is 2.41. The van der Waals surface area contributed by atoms with Crippen LogP contribution in [0.4, 0.5) is 43.5 Å². The lowest BCUT2D eigenvalue weighted by Crippen LogP contribution is -2.14. The maximum atomic E-state index is 13.5. The molecular weight excluding hydrogens is 470 g/mol. The van der Waals surface area contributed by atoms with E-state index in [4.69, 9.17) is 5.73 Å². The second-order valence-electron chi connectivity index (χ2n) is 6.91. The van der Waals surface area contributed by atoms with Crippen LogP contribution < -0.4 is 11.1 Å². The van der Waals surface area contributed by atoms with Crippen molar-refractivity contribution in [2.75, 3.05) is 11.1 Å². The van der Waals surface area contributed by atoms with Crippen molar-refractivity contribution < 1.29 is 26.3 Å². The number of aromatic nitrogens is 4. The molecule has 0 saturated heterocycles. The number of nitrogens with one attached hydrogen (secondary N) is 1. The lowest BCUT2D eigenvalue weighted by Gasteiger charge is -2.18. The van der Waals surface area contributed by atoms with Crippen molar-refractivity contribution in [1.82, 2.24) is 19.7 Å². The summed E-state index contributed by atoms with van der Waals surface area (Å²) in [5.41, 5.74) is 3.88. The Bertz CT molecular complexity index is 1290. The third kappa shape index (κ3) is 4.62. The van der Waals surface area contributed by atoms with E-state index in [9.17, 15) is 26.3 Å². The van der Waals surface area contributed by atoms with Crippen LogP contribution in [0.5, 0.6) is 0 Å². The fraction of sp³-hybridized carbons (Fsp3) is 0.150. The molecule has 172 valence electrons. The number of benzene rings is 1. The third-order valence-electron chi connectivity index (χ3n) is 4.56. The Morgan fingerprint density at radius 2 is 1.79 bits per heavy atom. The molecule has 0 spiro atoms. The van der Waals surface area contributed by atoms with Gasteiger partial charge in [0.15, 0.2) is 5.82 Å². The average Bonchev–Trinajstić information content (AvgIpc) is 3.40. The molecule has 0 aliphatic carbocycles. The number of anilines is 3. The lowest BCUT2D eigenvalue weighted by molar-refractivity contribution is -0.142. The van der Waals surface area contributed by atoms with Crippen molar-refractivity contribution >= 4 is 28.5 Å². The van der Waals surface area contributed by atoms with Crippen LogP contribution in [0.3, 0.4) is 0 Å². The van der Waals surface area contributed by atoms with Gasteiger partial charge in [0.25, 0.3) is 0 Å². The predicted molar refractivity (Wildman–Crippen MR) is 111 cm³/mol. The average molecular weight is 484 g/mol. The van der Waals surface area contributed by atoms with Gasteiger partial charge in [-0.2, -0.15) is 31.4 Å². The fourth-order valence-electron chi connectivity index (χ4n) is 3.06. The number of nitrogen functional groups attached to an aromatic ring is 1. The van der Waals surface area contributed by atoms with E-state index in [1.807, 2.05) is 0 Å². The first kappa shape index (κ1) is 22.6. The number of hydrogen-bond acceptors (Lipinski definition) is 6. The largest absolute Gasteiger partial charge is 0.418 e. The summed E-state index contributed by atoms with van der Waals surface area (Å²) in [5.74, 6) is -0.151. The van der Waals surface area contributed by atoms with E-state index in [1.54, 1.807) is 36.8 Å². The maximum absolute atomic E-state index is 13.5. The molecular formula is C20H14F6N6S. The van der Waals surface area contributed by atoms with Crippen LogP contribution in [-0.2, 0) is 12.4 Å². The van der Waals surface area contributed by atoms with E-state index in [0.717, 1.165) is 0 Å². The molecule has 0 atom stereocenters. The molecule has 13 heteroatoms. The second kappa shape index (κ2) is 8.06. The Morgan fingerprint density at radius 1 is 1.03 bits per heavy atom. The molecule has 0 aliphatic heterocycles.